The normalized spacial score (nSPS) is 9.79. The summed E-state index contributed by atoms with van der Waals surface area (Å²) < 4.78 is 4.76. The molecule has 0 atom stereocenters. The van der Waals surface area contributed by atoms with Gasteiger partial charge in [-0.3, -0.25) is 10.1 Å². The van der Waals surface area contributed by atoms with Gasteiger partial charge in [0.05, 0.1) is 13.2 Å². The zero-order chi connectivity index (χ0) is 14.1. The molecule has 0 aliphatic carbocycles. The van der Waals surface area contributed by atoms with Crippen LogP contribution < -0.4 is 16.0 Å². The lowest BCUT2D eigenvalue weighted by Crippen LogP contribution is -2.27. The molecule has 3 N–H and O–H groups in total. The lowest BCUT2D eigenvalue weighted by Gasteiger charge is -2.08. The van der Waals surface area contributed by atoms with Crippen LogP contribution in [0.5, 0.6) is 0 Å². The first kappa shape index (κ1) is 15.0. The van der Waals surface area contributed by atoms with Crippen molar-refractivity contribution in [1.82, 2.24) is 5.32 Å². The van der Waals surface area contributed by atoms with Crippen molar-refractivity contribution in [3.63, 3.8) is 0 Å². The van der Waals surface area contributed by atoms with E-state index < -0.39 is 6.09 Å². The molecule has 0 unspecified atom stereocenters. The van der Waals surface area contributed by atoms with E-state index >= 15 is 0 Å². The third-order valence-electron chi connectivity index (χ3n) is 2.23. The molecule has 0 fully saturated rings. The van der Waals surface area contributed by atoms with Crippen LogP contribution in [0.2, 0.25) is 0 Å². The molecule has 0 bridgehead atoms. The number of benzene rings is 1. The summed E-state index contributed by atoms with van der Waals surface area (Å²) in [5.41, 5.74) is 1.29. The van der Waals surface area contributed by atoms with E-state index in [4.69, 9.17) is 4.74 Å². The predicted octanol–water partition coefficient (Wildman–Crippen LogP) is 1.80. The number of hydrogen-bond donors (Lipinski definition) is 3. The van der Waals surface area contributed by atoms with Gasteiger partial charge in [-0.1, -0.05) is 6.92 Å². The molecule has 0 saturated heterocycles. The number of ether oxygens (including phenoxy) is 1. The maximum atomic E-state index is 11.5. The number of amides is 2. The molecule has 0 aliphatic heterocycles. The molecule has 0 aliphatic rings. The van der Waals surface area contributed by atoms with E-state index in [1.807, 2.05) is 6.92 Å². The molecule has 19 heavy (non-hydrogen) atoms. The van der Waals surface area contributed by atoms with Gasteiger partial charge in [0.2, 0.25) is 5.91 Å². The van der Waals surface area contributed by atoms with Gasteiger partial charge in [0.1, 0.15) is 0 Å². The van der Waals surface area contributed by atoms with Gasteiger partial charge in [0, 0.05) is 11.4 Å². The molecule has 1 aromatic carbocycles. The van der Waals surface area contributed by atoms with E-state index in [-0.39, 0.29) is 12.5 Å². The zero-order valence-electron chi connectivity index (χ0n) is 11.2. The van der Waals surface area contributed by atoms with Crippen molar-refractivity contribution in [2.24, 2.45) is 0 Å². The highest BCUT2D eigenvalue weighted by Crippen LogP contribution is 2.13. The highest BCUT2D eigenvalue weighted by atomic mass is 16.5. The molecule has 104 valence electrons. The fraction of sp³-hybridized carbons (Fsp3) is 0.385. The van der Waals surface area contributed by atoms with Crippen LogP contribution in [0.3, 0.4) is 0 Å². The molecule has 2 amide bonds. The molecule has 1 rings (SSSR count). The summed E-state index contributed by atoms with van der Waals surface area (Å²) in [6.07, 6.45) is -0.494. The molecule has 0 saturated carbocycles. The maximum absolute atomic E-state index is 11.5. The molecule has 6 nitrogen and oxygen atoms in total. The highest BCUT2D eigenvalue weighted by molar-refractivity contribution is 5.92. The summed E-state index contributed by atoms with van der Waals surface area (Å²) >= 11 is 0. The third kappa shape index (κ3) is 5.87. The van der Waals surface area contributed by atoms with E-state index in [9.17, 15) is 9.59 Å². The third-order valence-corrected chi connectivity index (χ3v) is 2.23. The molecular formula is C13H19N3O3. The summed E-state index contributed by atoms with van der Waals surface area (Å²) in [4.78, 5) is 22.6. The fourth-order valence-electron chi connectivity index (χ4n) is 1.37. The van der Waals surface area contributed by atoms with Crippen LogP contribution in [0, 0.1) is 0 Å². The summed E-state index contributed by atoms with van der Waals surface area (Å²) in [6.45, 7) is 5.02. The van der Waals surface area contributed by atoms with Crippen molar-refractivity contribution in [3.8, 4) is 0 Å². The van der Waals surface area contributed by atoms with Crippen LogP contribution in [-0.4, -0.2) is 31.7 Å². The Morgan fingerprint density at radius 1 is 1.05 bits per heavy atom. The van der Waals surface area contributed by atoms with Crippen molar-refractivity contribution in [1.29, 1.82) is 0 Å². The number of anilines is 2. The average Bonchev–Trinajstić information content (AvgIpc) is 2.39. The number of rotatable bonds is 6. The van der Waals surface area contributed by atoms with E-state index in [1.165, 1.54) is 0 Å². The summed E-state index contributed by atoms with van der Waals surface area (Å²) in [5.74, 6) is -0.104. The Morgan fingerprint density at radius 2 is 1.63 bits per heavy atom. The SMILES string of the molecule is CCNCC(=O)Nc1ccc(NC(=O)OCC)cc1. The van der Waals surface area contributed by atoms with Crippen LogP contribution in [0.4, 0.5) is 16.2 Å². The monoisotopic (exact) mass is 265 g/mol. The number of hydrogen-bond acceptors (Lipinski definition) is 4. The van der Waals surface area contributed by atoms with Crippen LogP contribution in [-0.2, 0) is 9.53 Å². The summed E-state index contributed by atoms with van der Waals surface area (Å²) in [7, 11) is 0. The van der Waals surface area contributed by atoms with Gasteiger partial charge in [0.25, 0.3) is 0 Å². The van der Waals surface area contributed by atoms with E-state index in [2.05, 4.69) is 16.0 Å². The molecule has 0 radical (unpaired) electrons. The van der Waals surface area contributed by atoms with Crippen molar-refractivity contribution in [2.75, 3.05) is 30.3 Å². The predicted molar refractivity (Wildman–Crippen MR) is 74.3 cm³/mol. The molecular weight excluding hydrogens is 246 g/mol. The van der Waals surface area contributed by atoms with Crippen LogP contribution in [0.15, 0.2) is 24.3 Å². The lowest BCUT2D eigenvalue weighted by molar-refractivity contribution is -0.115. The smallest absolute Gasteiger partial charge is 0.411 e. The second kappa shape index (κ2) is 8.10. The quantitative estimate of drug-likeness (QED) is 0.732. The Bertz CT molecular complexity index is 418. The van der Waals surface area contributed by atoms with E-state index in [1.54, 1.807) is 31.2 Å². The fourth-order valence-corrected chi connectivity index (χ4v) is 1.37. The van der Waals surface area contributed by atoms with Crippen LogP contribution in [0.25, 0.3) is 0 Å². The van der Waals surface area contributed by atoms with E-state index in [0.717, 1.165) is 6.54 Å². The molecule has 0 spiro atoms. The van der Waals surface area contributed by atoms with Gasteiger partial charge >= 0.3 is 6.09 Å². The van der Waals surface area contributed by atoms with Crippen molar-refractivity contribution in [2.45, 2.75) is 13.8 Å². The van der Waals surface area contributed by atoms with Gasteiger partial charge in [0.15, 0.2) is 0 Å². The first-order valence-electron chi connectivity index (χ1n) is 6.20. The zero-order valence-corrected chi connectivity index (χ0v) is 11.2. The molecule has 1 aromatic rings. The average molecular weight is 265 g/mol. The topological polar surface area (TPSA) is 79.5 Å². The van der Waals surface area contributed by atoms with Gasteiger partial charge in [-0.15, -0.1) is 0 Å². The van der Waals surface area contributed by atoms with Crippen LogP contribution in [0.1, 0.15) is 13.8 Å². The lowest BCUT2D eigenvalue weighted by atomic mass is 10.3. The Labute approximate surface area is 112 Å². The minimum atomic E-state index is -0.494. The number of nitrogens with one attached hydrogen (secondary N) is 3. The van der Waals surface area contributed by atoms with Crippen LogP contribution >= 0.6 is 0 Å². The molecule has 0 heterocycles. The summed E-state index contributed by atoms with van der Waals surface area (Å²) in [5, 5.41) is 8.24. The number of carbonyl (C=O) groups is 2. The van der Waals surface area contributed by atoms with Crippen molar-refractivity contribution in [3.05, 3.63) is 24.3 Å². The number of likely N-dealkylation sites (N-methyl/N-ethyl adjacent to an activating group) is 1. The van der Waals surface area contributed by atoms with E-state index in [0.29, 0.717) is 18.0 Å². The van der Waals surface area contributed by atoms with Crippen molar-refractivity contribution < 1.29 is 14.3 Å². The number of carbonyl (C=O) groups excluding carboxylic acids is 2. The van der Waals surface area contributed by atoms with Gasteiger partial charge < -0.3 is 15.4 Å². The maximum Gasteiger partial charge on any atom is 0.411 e. The Balaban J connectivity index is 2.47. The van der Waals surface area contributed by atoms with Crippen molar-refractivity contribution >= 4 is 23.4 Å². The minimum absolute atomic E-state index is 0.104. The molecule has 6 heteroatoms. The standard InChI is InChI=1S/C13H19N3O3/c1-3-14-9-12(17)15-10-5-7-11(8-6-10)16-13(18)19-4-2/h5-8,14H,3-4,9H2,1-2H3,(H,15,17)(H,16,18). The van der Waals surface area contributed by atoms with Gasteiger partial charge in [-0.25, -0.2) is 4.79 Å². The highest BCUT2D eigenvalue weighted by Gasteiger charge is 2.03. The molecule has 0 aromatic heterocycles. The second-order valence-electron chi connectivity index (χ2n) is 3.75. The van der Waals surface area contributed by atoms with Gasteiger partial charge in [-0.05, 0) is 37.7 Å². The Kier molecular flexibility index (Phi) is 6.38. The van der Waals surface area contributed by atoms with Gasteiger partial charge in [-0.2, -0.15) is 0 Å². The first-order valence-corrected chi connectivity index (χ1v) is 6.20. The Hall–Kier alpha value is -2.08. The summed E-state index contributed by atoms with van der Waals surface area (Å²) in [6, 6.07) is 6.82. The first-order chi connectivity index (χ1) is 9.15. The second-order valence-corrected chi connectivity index (χ2v) is 3.75. The largest absolute Gasteiger partial charge is 0.450 e. The Morgan fingerprint density at radius 3 is 2.16 bits per heavy atom. The minimum Gasteiger partial charge on any atom is -0.450 e.